The Bertz CT molecular complexity index is 610. The molecule has 0 spiro atoms. The number of hydrogen-bond acceptors (Lipinski definition) is 2. The van der Waals surface area contributed by atoms with Crippen LogP contribution in [-0.4, -0.2) is 17.0 Å². The number of carboxylic acid groups (broad SMARTS) is 1. The van der Waals surface area contributed by atoms with Crippen molar-refractivity contribution in [2.45, 2.75) is 51.0 Å². The first-order chi connectivity index (χ1) is 10.5. The van der Waals surface area contributed by atoms with Crippen LogP contribution in [0.1, 0.15) is 55.7 Å². The Morgan fingerprint density at radius 1 is 1.32 bits per heavy atom. The van der Waals surface area contributed by atoms with Gasteiger partial charge >= 0.3 is 5.97 Å². The van der Waals surface area contributed by atoms with E-state index in [4.69, 9.17) is 0 Å². The minimum absolute atomic E-state index is 0.0371. The molecular formula is C17H20FNO3. The molecule has 5 heteroatoms. The summed E-state index contributed by atoms with van der Waals surface area (Å²) in [5, 5.41) is 12.3. The van der Waals surface area contributed by atoms with Gasteiger partial charge in [-0.05, 0) is 55.4 Å². The zero-order chi connectivity index (χ0) is 15.7. The predicted octanol–water partition coefficient (Wildman–Crippen LogP) is 2.96. The summed E-state index contributed by atoms with van der Waals surface area (Å²) in [6.45, 7) is 0. The third-order valence-electron chi connectivity index (χ3n) is 5.02. The first-order valence-electron chi connectivity index (χ1n) is 7.81. The van der Waals surface area contributed by atoms with Crippen LogP contribution in [0.25, 0.3) is 0 Å². The van der Waals surface area contributed by atoms with E-state index in [1.165, 1.54) is 12.1 Å². The summed E-state index contributed by atoms with van der Waals surface area (Å²) in [6.07, 6.45) is 4.57. The molecule has 0 radical (unpaired) electrons. The van der Waals surface area contributed by atoms with Gasteiger partial charge in [0, 0.05) is 6.42 Å². The van der Waals surface area contributed by atoms with E-state index in [0.29, 0.717) is 12.8 Å². The van der Waals surface area contributed by atoms with Gasteiger partial charge in [-0.1, -0.05) is 12.5 Å². The van der Waals surface area contributed by atoms with Crippen LogP contribution in [0.2, 0.25) is 0 Å². The van der Waals surface area contributed by atoms with Crippen molar-refractivity contribution in [3.8, 4) is 0 Å². The first kappa shape index (κ1) is 15.0. The molecule has 2 N–H and O–H groups in total. The Morgan fingerprint density at radius 3 is 2.73 bits per heavy atom. The molecule has 0 heterocycles. The number of aryl methyl sites for hydroxylation is 1. The second-order valence-corrected chi connectivity index (χ2v) is 6.47. The number of hydrogen-bond donors (Lipinski definition) is 2. The highest BCUT2D eigenvalue weighted by molar-refractivity contribution is 5.85. The number of aliphatic carboxylic acids is 1. The van der Waals surface area contributed by atoms with E-state index in [1.807, 2.05) is 0 Å². The van der Waals surface area contributed by atoms with Crippen molar-refractivity contribution in [2.75, 3.05) is 0 Å². The summed E-state index contributed by atoms with van der Waals surface area (Å²) in [5.74, 6) is -1.35. The van der Waals surface area contributed by atoms with Crippen molar-refractivity contribution >= 4 is 11.9 Å². The third kappa shape index (κ3) is 2.72. The summed E-state index contributed by atoms with van der Waals surface area (Å²) in [6, 6.07) is 4.53. The molecule has 4 nitrogen and oxygen atoms in total. The highest BCUT2D eigenvalue weighted by Crippen LogP contribution is 2.44. The van der Waals surface area contributed by atoms with Gasteiger partial charge in [-0.15, -0.1) is 0 Å². The largest absolute Gasteiger partial charge is 0.481 e. The van der Waals surface area contributed by atoms with Crippen LogP contribution in [0.5, 0.6) is 0 Å². The molecule has 0 bridgehead atoms. The number of carboxylic acids is 1. The number of halogens is 1. The van der Waals surface area contributed by atoms with Gasteiger partial charge in [0.25, 0.3) is 0 Å². The first-order valence-corrected chi connectivity index (χ1v) is 7.81. The summed E-state index contributed by atoms with van der Waals surface area (Å²) in [4.78, 5) is 23.6. The number of nitrogens with one attached hydrogen (secondary N) is 1. The van der Waals surface area contributed by atoms with Crippen LogP contribution in [0.3, 0.4) is 0 Å². The topological polar surface area (TPSA) is 66.4 Å². The van der Waals surface area contributed by atoms with Gasteiger partial charge in [0.1, 0.15) is 5.82 Å². The van der Waals surface area contributed by atoms with Gasteiger partial charge in [-0.2, -0.15) is 0 Å². The Morgan fingerprint density at radius 2 is 2.09 bits per heavy atom. The van der Waals surface area contributed by atoms with Crippen molar-refractivity contribution in [1.29, 1.82) is 0 Å². The Labute approximate surface area is 128 Å². The molecule has 2 aliphatic rings. The summed E-state index contributed by atoms with van der Waals surface area (Å²) >= 11 is 0. The lowest BCUT2D eigenvalue weighted by molar-refractivity contribution is -0.157. The summed E-state index contributed by atoms with van der Waals surface area (Å²) < 4.78 is 13.3. The van der Waals surface area contributed by atoms with Gasteiger partial charge in [-0.3, -0.25) is 9.59 Å². The molecule has 1 unspecified atom stereocenters. The minimum Gasteiger partial charge on any atom is -0.481 e. The normalized spacial score (nSPS) is 22.3. The lowest BCUT2D eigenvalue weighted by Gasteiger charge is -2.37. The number of amides is 1. The standard InChI is InChI=1S/C17H20FNO3/c18-12-5-6-13-11(9-12)3-1-4-14(13)19-15(20)10-17(16(21)22)7-2-8-17/h5-6,9,14H,1-4,7-8,10H2,(H,19,20)(H,21,22). The average molecular weight is 305 g/mol. The van der Waals surface area contributed by atoms with Crippen LogP contribution in [0, 0.1) is 11.2 Å². The predicted molar refractivity (Wildman–Crippen MR) is 78.8 cm³/mol. The molecule has 1 aromatic carbocycles. The van der Waals surface area contributed by atoms with Crippen LogP contribution in [0.4, 0.5) is 4.39 Å². The molecular weight excluding hydrogens is 285 g/mol. The molecule has 0 aliphatic heterocycles. The molecule has 1 atom stereocenters. The molecule has 1 fully saturated rings. The van der Waals surface area contributed by atoms with Gasteiger partial charge in [-0.25, -0.2) is 4.39 Å². The lowest BCUT2D eigenvalue weighted by Crippen LogP contribution is -2.43. The number of fused-ring (bicyclic) bond motifs is 1. The second kappa shape index (κ2) is 5.71. The van der Waals surface area contributed by atoms with E-state index in [2.05, 4.69) is 5.32 Å². The van der Waals surface area contributed by atoms with Crippen LogP contribution in [0.15, 0.2) is 18.2 Å². The highest BCUT2D eigenvalue weighted by Gasteiger charge is 2.46. The Balaban J connectivity index is 1.69. The molecule has 1 saturated carbocycles. The van der Waals surface area contributed by atoms with Gasteiger partial charge < -0.3 is 10.4 Å². The number of benzene rings is 1. The Hall–Kier alpha value is -1.91. The number of carbonyl (C=O) groups is 2. The molecule has 22 heavy (non-hydrogen) atoms. The highest BCUT2D eigenvalue weighted by atomic mass is 19.1. The third-order valence-corrected chi connectivity index (χ3v) is 5.02. The van der Waals surface area contributed by atoms with Gasteiger partial charge in [0.05, 0.1) is 11.5 Å². The van der Waals surface area contributed by atoms with Crippen LogP contribution < -0.4 is 5.32 Å². The Kier molecular flexibility index (Phi) is 3.89. The van der Waals surface area contributed by atoms with E-state index in [9.17, 15) is 19.1 Å². The minimum atomic E-state index is -0.875. The van der Waals surface area contributed by atoms with Crippen LogP contribution in [-0.2, 0) is 16.0 Å². The smallest absolute Gasteiger partial charge is 0.310 e. The molecule has 3 rings (SSSR count). The second-order valence-electron chi connectivity index (χ2n) is 6.47. The molecule has 0 saturated heterocycles. The molecule has 1 amide bonds. The van der Waals surface area contributed by atoms with Crippen molar-refractivity contribution in [2.24, 2.45) is 5.41 Å². The van der Waals surface area contributed by atoms with E-state index in [1.54, 1.807) is 6.07 Å². The van der Waals surface area contributed by atoms with Crippen LogP contribution >= 0.6 is 0 Å². The van der Waals surface area contributed by atoms with Crippen molar-refractivity contribution in [3.05, 3.63) is 35.1 Å². The molecule has 0 aromatic heterocycles. The summed E-state index contributed by atoms with van der Waals surface area (Å²) in [7, 11) is 0. The zero-order valence-corrected chi connectivity index (χ0v) is 12.4. The van der Waals surface area contributed by atoms with Crippen molar-refractivity contribution < 1.29 is 19.1 Å². The quantitative estimate of drug-likeness (QED) is 0.898. The molecule has 2 aliphatic carbocycles. The van der Waals surface area contributed by atoms with E-state index in [-0.39, 0.29) is 24.2 Å². The fourth-order valence-corrected chi connectivity index (χ4v) is 3.56. The monoisotopic (exact) mass is 305 g/mol. The van der Waals surface area contributed by atoms with Gasteiger partial charge in [0.2, 0.25) is 5.91 Å². The molecule has 1 aromatic rings. The van der Waals surface area contributed by atoms with E-state index < -0.39 is 11.4 Å². The average Bonchev–Trinajstić information content (AvgIpc) is 2.42. The summed E-state index contributed by atoms with van der Waals surface area (Å²) in [5.41, 5.74) is 1.02. The maximum atomic E-state index is 13.3. The lowest BCUT2D eigenvalue weighted by atomic mass is 9.66. The van der Waals surface area contributed by atoms with E-state index in [0.717, 1.165) is 36.8 Å². The SMILES string of the molecule is O=C(CC1(C(=O)O)CCC1)NC1CCCc2cc(F)ccc21. The maximum Gasteiger partial charge on any atom is 0.310 e. The fourth-order valence-electron chi connectivity index (χ4n) is 3.56. The maximum absolute atomic E-state index is 13.3. The van der Waals surface area contributed by atoms with Gasteiger partial charge in [0.15, 0.2) is 0 Å². The zero-order valence-electron chi connectivity index (χ0n) is 12.4. The number of carbonyl (C=O) groups excluding carboxylic acids is 1. The van der Waals surface area contributed by atoms with Crippen molar-refractivity contribution in [1.82, 2.24) is 5.32 Å². The van der Waals surface area contributed by atoms with E-state index >= 15 is 0 Å². The number of rotatable bonds is 4. The fraction of sp³-hybridized carbons (Fsp3) is 0.529. The van der Waals surface area contributed by atoms with Crippen molar-refractivity contribution in [3.63, 3.8) is 0 Å². The molecule has 118 valence electrons.